The molecule has 0 fully saturated rings. The summed E-state index contributed by atoms with van der Waals surface area (Å²) in [5.74, 6) is 0.624. The maximum absolute atomic E-state index is 11.4. The van der Waals surface area contributed by atoms with Crippen LogP contribution < -0.4 is 16.4 Å². The fraction of sp³-hybridized carbons (Fsp3) is 0.542. The second kappa shape index (κ2) is 11.1. The lowest BCUT2D eigenvalue weighted by Gasteiger charge is -2.24. The number of anilines is 1. The number of amides is 1. The lowest BCUT2D eigenvalue weighted by molar-refractivity contribution is -0.119. The monoisotopic (exact) mass is 461 g/mol. The Hall–Kier alpha value is -2.22. The molecule has 176 valence electrons. The van der Waals surface area contributed by atoms with Crippen molar-refractivity contribution in [1.29, 1.82) is 0 Å². The van der Waals surface area contributed by atoms with E-state index in [9.17, 15) is 9.90 Å². The summed E-state index contributed by atoms with van der Waals surface area (Å²) in [6.45, 7) is 12.0. The van der Waals surface area contributed by atoms with Gasteiger partial charge in [0.25, 0.3) is 0 Å². The summed E-state index contributed by atoms with van der Waals surface area (Å²) in [6, 6.07) is 7.11. The molecule has 5 N–H and O–H groups in total. The van der Waals surface area contributed by atoms with Gasteiger partial charge in [0, 0.05) is 29.2 Å². The molecule has 7 nitrogen and oxygen atoms in total. The van der Waals surface area contributed by atoms with Crippen molar-refractivity contribution in [2.75, 3.05) is 18.0 Å². The molecule has 0 spiro atoms. The summed E-state index contributed by atoms with van der Waals surface area (Å²) in [5, 5.41) is 10.5. The van der Waals surface area contributed by atoms with Gasteiger partial charge in [-0.15, -0.1) is 0 Å². The van der Waals surface area contributed by atoms with Gasteiger partial charge in [0.15, 0.2) is 0 Å². The topological polar surface area (TPSA) is 118 Å². The number of primary amides is 1. The van der Waals surface area contributed by atoms with Gasteiger partial charge in [0.2, 0.25) is 5.91 Å². The quantitative estimate of drug-likeness (QED) is 0.575. The van der Waals surface area contributed by atoms with Crippen LogP contribution in [0.5, 0.6) is 0 Å². The third kappa shape index (κ3) is 6.64. The van der Waals surface area contributed by atoms with Crippen LogP contribution in [0, 0.1) is 0 Å². The molecule has 1 heterocycles. The van der Waals surface area contributed by atoms with Crippen molar-refractivity contribution < 1.29 is 9.90 Å². The maximum atomic E-state index is 11.4. The van der Waals surface area contributed by atoms with Crippen LogP contribution in [0.25, 0.3) is 0 Å². The van der Waals surface area contributed by atoms with Crippen LogP contribution in [0.15, 0.2) is 30.6 Å². The Morgan fingerprint density at radius 2 is 1.84 bits per heavy atom. The highest BCUT2D eigenvalue weighted by atomic mass is 35.5. The van der Waals surface area contributed by atoms with Crippen LogP contribution in [0.1, 0.15) is 82.2 Å². The zero-order valence-electron chi connectivity index (χ0n) is 19.7. The van der Waals surface area contributed by atoms with E-state index in [0.29, 0.717) is 17.4 Å². The normalized spacial score (nSPS) is 18.4. The largest absolute Gasteiger partial charge is 0.387 e. The Kier molecular flexibility index (Phi) is 9.01. The standard InChI is InChI=1S/C12H17ClN2O.C12H19N3O/c1-12(2,15)7-10(11(14)16)8-3-5-9(13)6-4-8;1-4-15(5-2)12-10-8(3)6-9(16)11(10)13-7-14-12/h3-6,10H,7,15H2,1-2H3,(H2,14,16);7-9,16H,4-6H2,1-3H3/t;8-,9-/m.1/s1. The highest BCUT2D eigenvalue weighted by Crippen LogP contribution is 2.42. The first kappa shape index (κ1) is 26.0. The fourth-order valence-electron chi connectivity index (χ4n) is 4.08. The molecular weight excluding hydrogens is 426 g/mol. The number of aliphatic hydroxyl groups is 1. The summed E-state index contributed by atoms with van der Waals surface area (Å²) < 4.78 is 0. The Morgan fingerprint density at radius 3 is 2.34 bits per heavy atom. The van der Waals surface area contributed by atoms with Crippen molar-refractivity contribution in [3.05, 3.63) is 52.4 Å². The third-order valence-electron chi connectivity index (χ3n) is 5.69. The summed E-state index contributed by atoms with van der Waals surface area (Å²) in [7, 11) is 0. The number of rotatable bonds is 7. The van der Waals surface area contributed by atoms with Crippen molar-refractivity contribution in [2.45, 2.75) is 70.9 Å². The van der Waals surface area contributed by atoms with Crippen LogP contribution >= 0.6 is 11.6 Å². The molecule has 1 aromatic heterocycles. The second-order valence-electron chi connectivity index (χ2n) is 9.02. The van der Waals surface area contributed by atoms with Gasteiger partial charge >= 0.3 is 0 Å². The van der Waals surface area contributed by atoms with Crippen LogP contribution in [0.4, 0.5) is 5.82 Å². The lowest BCUT2D eigenvalue weighted by Crippen LogP contribution is -2.37. The molecule has 1 aliphatic rings. The summed E-state index contributed by atoms with van der Waals surface area (Å²) >= 11 is 5.79. The molecule has 0 aliphatic heterocycles. The number of halogens is 1. The fourth-order valence-corrected chi connectivity index (χ4v) is 4.21. The molecule has 0 radical (unpaired) electrons. The van der Waals surface area contributed by atoms with Crippen molar-refractivity contribution >= 4 is 23.3 Å². The predicted molar refractivity (Wildman–Crippen MR) is 130 cm³/mol. The number of hydrogen-bond donors (Lipinski definition) is 3. The smallest absolute Gasteiger partial charge is 0.225 e. The molecule has 1 amide bonds. The highest BCUT2D eigenvalue weighted by Gasteiger charge is 2.32. The van der Waals surface area contributed by atoms with E-state index in [1.54, 1.807) is 18.5 Å². The number of carbonyl (C=O) groups excluding carboxylic acids is 1. The van der Waals surface area contributed by atoms with Crippen molar-refractivity contribution in [3.8, 4) is 0 Å². The lowest BCUT2D eigenvalue weighted by atomic mass is 9.86. The predicted octanol–water partition coefficient (Wildman–Crippen LogP) is 3.90. The van der Waals surface area contributed by atoms with Gasteiger partial charge in [-0.05, 0) is 64.2 Å². The minimum atomic E-state index is -0.431. The Bertz CT molecular complexity index is 894. The zero-order valence-corrected chi connectivity index (χ0v) is 20.4. The molecule has 32 heavy (non-hydrogen) atoms. The molecule has 8 heteroatoms. The van der Waals surface area contributed by atoms with E-state index in [0.717, 1.165) is 42.1 Å². The molecule has 0 bridgehead atoms. The Morgan fingerprint density at radius 1 is 1.25 bits per heavy atom. The molecular formula is C24H36ClN5O2. The van der Waals surface area contributed by atoms with Crippen molar-refractivity contribution in [3.63, 3.8) is 0 Å². The molecule has 1 aromatic carbocycles. The van der Waals surface area contributed by atoms with Crippen molar-refractivity contribution in [1.82, 2.24) is 9.97 Å². The molecule has 3 atom stereocenters. The average Bonchev–Trinajstić information content (AvgIpc) is 3.02. The van der Waals surface area contributed by atoms with E-state index in [2.05, 4.69) is 35.6 Å². The van der Waals surface area contributed by atoms with E-state index in [1.165, 1.54) is 0 Å². The molecule has 3 rings (SSSR count). The van der Waals surface area contributed by atoms with Gasteiger partial charge in [0.05, 0.1) is 17.7 Å². The van der Waals surface area contributed by atoms with Gasteiger partial charge in [-0.3, -0.25) is 4.79 Å². The van der Waals surface area contributed by atoms with Gasteiger partial charge in [-0.25, -0.2) is 9.97 Å². The van der Waals surface area contributed by atoms with Crippen LogP contribution in [0.3, 0.4) is 0 Å². The summed E-state index contributed by atoms with van der Waals surface area (Å²) in [6.07, 6.45) is 2.43. The van der Waals surface area contributed by atoms with E-state index < -0.39 is 11.6 Å². The molecule has 1 aliphatic carbocycles. The van der Waals surface area contributed by atoms with Crippen LogP contribution in [-0.4, -0.2) is 39.6 Å². The number of nitrogens with zero attached hydrogens (tertiary/aromatic N) is 3. The van der Waals surface area contributed by atoms with E-state index in [-0.39, 0.29) is 11.8 Å². The minimum Gasteiger partial charge on any atom is -0.387 e. The molecule has 2 aromatic rings. The SMILES string of the molecule is CC(C)(N)CC(C(N)=O)c1ccc(Cl)cc1.CCN(CC)c1ncnc2c1[C@H](C)C[C@H]2O. The third-order valence-corrected chi connectivity index (χ3v) is 5.94. The van der Waals surface area contributed by atoms with Gasteiger partial charge < -0.3 is 21.5 Å². The Balaban J connectivity index is 0.000000227. The van der Waals surface area contributed by atoms with E-state index in [1.807, 2.05) is 26.0 Å². The number of carbonyl (C=O) groups is 1. The summed E-state index contributed by atoms with van der Waals surface area (Å²) in [4.78, 5) is 22.2. The summed E-state index contributed by atoms with van der Waals surface area (Å²) in [5.41, 5.74) is 13.7. The first-order chi connectivity index (χ1) is 15.0. The number of benzene rings is 1. The minimum absolute atomic E-state index is 0.349. The number of nitrogens with two attached hydrogens (primary N) is 2. The average molecular weight is 462 g/mol. The molecule has 0 saturated heterocycles. The zero-order chi connectivity index (χ0) is 24.1. The molecule has 0 saturated carbocycles. The highest BCUT2D eigenvalue weighted by molar-refractivity contribution is 6.30. The van der Waals surface area contributed by atoms with Gasteiger partial charge in [-0.1, -0.05) is 30.7 Å². The van der Waals surface area contributed by atoms with Crippen LogP contribution in [0.2, 0.25) is 5.02 Å². The number of hydrogen-bond acceptors (Lipinski definition) is 6. The van der Waals surface area contributed by atoms with E-state index in [4.69, 9.17) is 23.1 Å². The van der Waals surface area contributed by atoms with E-state index >= 15 is 0 Å². The first-order valence-electron chi connectivity index (χ1n) is 11.1. The molecule has 1 unspecified atom stereocenters. The van der Waals surface area contributed by atoms with Gasteiger partial charge in [-0.2, -0.15) is 0 Å². The van der Waals surface area contributed by atoms with Gasteiger partial charge in [0.1, 0.15) is 12.1 Å². The van der Waals surface area contributed by atoms with Crippen molar-refractivity contribution in [2.24, 2.45) is 11.5 Å². The first-order valence-corrected chi connectivity index (χ1v) is 11.5. The van der Waals surface area contributed by atoms with Crippen LogP contribution in [-0.2, 0) is 4.79 Å². The second-order valence-corrected chi connectivity index (χ2v) is 9.46. The number of fused-ring (bicyclic) bond motifs is 1. The maximum Gasteiger partial charge on any atom is 0.225 e. The Labute approximate surface area is 196 Å². The number of aromatic nitrogens is 2. The number of aliphatic hydroxyl groups excluding tert-OH is 1.